The van der Waals surface area contributed by atoms with Crippen LogP contribution in [0.4, 0.5) is 4.79 Å². The minimum Gasteiger partial charge on any atom is -0.449 e. The molecule has 2 atom stereocenters. The first kappa shape index (κ1) is 22.3. The summed E-state index contributed by atoms with van der Waals surface area (Å²) in [6, 6.07) is 19.7. The number of aliphatic hydroxyl groups excluding tert-OH is 2. The Morgan fingerprint density at radius 3 is 2.09 bits per heavy atom. The molecule has 166 valence electrons. The number of nitrogens with one attached hydrogen (secondary N) is 1. The average molecular weight is 452 g/mol. The van der Waals surface area contributed by atoms with Crippen LogP contribution in [-0.4, -0.2) is 35.6 Å². The van der Waals surface area contributed by atoms with Gasteiger partial charge in [0, 0.05) is 17.5 Å². The monoisotopic (exact) mass is 451 g/mol. The van der Waals surface area contributed by atoms with E-state index in [0.29, 0.717) is 10.6 Å². The molecule has 0 saturated carbocycles. The highest BCUT2D eigenvalue weighted by Gasteiger charge is 2.29. The maximum absolute atomic E-state index is 12.3. The lowest BCUT2D eigenvalue weighted by Gasteiger charge is -2.20. The fourth-order valence-electron chi connectivity index (χ4n) is 4.32. The maximum atomic E-state index is 12.3. The topological polar surface area (TPSA) is 78.8 Å². The van der Waals surface area contributed by atoms with Crippen LogP contribution < -0.4 is 5.32 Å². The summed E-state index contributed by atoms with van der Waals surface area (Å²) >= 11 is 6.17. The summed E-state index contributed by atoms with van der Waals surface area (Å²) in [5.74, 6) is -0.0383. The minimum atomic E-state index is -1.18. The summed E-state index contributed by atoms with van der Waals surface area (Å²) in [7, 11) is 0. The largest absolute Gasteiger partial charge is 0.449 e. The van der Waals surface area contributed by atoms with Gasteiger partial charge in [0.25, 0.3) is 0 Å². The highest BCUT2D eigenvalue weighted by molar-refractivity contribution is 6.32. The summed E-state index contributed by atoms with van der Waals surface area (Å²) < 4.78 is 5.47. The number of benzene rings is 3. The second-order valence-corrected chi connectivity index (χ2v) is 8.57. The quantitative estimate of drug-likeness (QED) is 0.498. The predicted octanol–water partition coefficient (Wildman–Crippen LogP) is 4.89. The van der Waals surface area contributed by atoms with Crippen molar-refractivity contribution in [3.63, 3.8) is 0 Å². The normalized spacial score (nSPS) is 14.4. The number of hydrogen-bond donors (Lipinski definition) is 3. The molecule has 0 bridgehead atoms. The minimum absolute atomic E-state index is 0.0383. The Bertz CT molecular complexity index is 1080. The van der Waals surface area contributed by atoms with Crippen LogP contribution in [0.15, 0.2) is 60.7 Å². The summed E-state index contributed by atoms with van der Waals surface area (Å²) in [4.78, 5) is 12.3. The van der Waals surface area contributed by atoms with Gasteiger partial charge >= 0.3 is 6.09 Å². The predicted molar refractivity (Wildman–Crippen MR) is 125 cm³/mol. The SMILES string of the molecule is Cc1cc(C(O)C(O)CNC(=O)OCC2c3ccccc3-c3ccccc32)cc(C)c1Cl. The van der Waals surface area contributed by atoms with Gasteiger partial charge < -0.3 is 20.3 Å². The average Bonchev–Trinajstić information content (AvgIpc) is 3.12. The van der Waals surface area contributed by atoms with Crippen molar-refractivity contribution in [3.05, 3.63) is 93.5 Å². The second-order valence-electron chi connectivity index (χ2n) is 8.19. The zero-order chi connectivity index (χ0) is 22.8. The van der Waals surface area contributed by atoms with Gasteiger partial charge in [-0.3, -0.25) is 0 Å². The number of carbonyl (C=O) groups is 1. The van der Waals surface area contributed by atoms with Gasteiger partial charge in [-0.2, -0.15) is 0 Å². The number of aliphatic hydroxyl groups is 2. The van der Waals surface area contributed by atoms with Crippen LogP contribution in [0.25, 0.3) is 11.1 Å². The fraction of sp³-hybridized carbons (Fsp3) is 0.269. The van der Waals surface area contributed by atoms with E-state index in [1.165, 1.54) is 0 Å². The molecule has 3 N–H and O–H groups in total. The lowest BCUT2D eigenvalue weighted by Crippen LogP contribution is -2.36. The van der Waals surface area contributed by atoms with E-state index in [1.54, 1.807) is 12.1 Å². The Morgan fingerprint density at radius 1 is 1.00 bits per heavy atom. The van der Waals surface area contributed by atoms with Crippen molar-refractivity contribution >= 4 is 17.7 Å². The lowest BCUT2D eigenvalue weighted by molar-refractivity contribution is 0.0185. The number of alkyl carbamates (subject to hydrolysis) is 1. The van der Waals surface area contributed by atoms with Crippen LogP contribution >= 0.6 is 11.6 Å². The van der Waals surface area contributed by atoms with Gasteiger partial charge in [0.2, 0.25) is 0 Å². The van der Waals surface area contributed by atoms with E-state index < -0.39 is 18.3 Å². The van der Waals surface area contributed by atoms with E-state index >= 15 is 0 Å². The first-order chi connectivity index (χ1) is 15.4. The molecular weight excluding hydrogens is 426 g/mol. The molecule has 0 radical (unpaired) electrons. The number of carbonyl (C=O) groups excluding carboxylic acids is 1. The van der Waals surface area contributed by atoms with Crippen molar-refractivity contribution in [1.29, 1.82) is 0 Å². The molecule has 0 saturated heterocycles. The van der Waals surface area contributed by atoms with Crippen molar-refractivity contribution in [2.24, 2.45) is 0 Å². The van der Waals surface area contributed by atoms with Crippen molar-refractivity contribution in [1.82, 2.24) is 5.32 Å². The van der Waals surface area contributed by atoms with E-state index in [0.717, 1.165) is 33.4 Å². The molecule has 0 aromatic heterocycles. The van der Waals surface area contributed by atoms with E-state index in [2.05, 4.69) is 29.6 Å². The number of rotatable bonds is 6. The van der Waals surface area contributed by atoms with Crippen LogP contribution in [0, 0.1) is 13.8 Å². The smallest absolute Gasteiger partial charge is 0.407 e. The molecule has 0 spiro atoms. The lowest BCUT2D eigenvalue weighted by atomic mass is 9.98. The molecule has 0 fully saturated rings. The summed E-state index contributed by atoms with van der Waals surface area (Å²) in [6.45, 7) is 3.73. The Hall–Kier alpha value is -2.86. The van der Waals surface area contributed by atoms with Crippen molar-refractivity contribution < 1.29 is 19.7 Å². The first-order valence-corrected chi connectivity index (χ1v) is 11.0. The zero-order valence-corrected chi connectivity index (χ0v) is 18.8. The summed E-state index contributed by atoms with van der Waals surface area (Å²) in [5.41, 5.74) is 6.75. The number of aryl methyl sites for hydroxylation is 2. The number of hydrogen-bond acceptors (Lipinski definition) is 4. The maximum Gasteiger partial charge on any atom is 0.407 e. The Balaban J connectivity index is 1.35. The van der Waals surface area contributed by atoms with Gasteiger partial charge in [0.15, 0.2) is 0 Å². The molecule has 3 aromatic carbocycles. The molecule has 6 heteroatoms. The third-order valence-electron chi connectivity index (χ3n) is 5.96. The fourth-order valence-corrected chi connectivity index (χ4v) is 4.43. The van der Waals surface area contributed by atoms with E-state index in [1.807, 2.05) is 38.1 Å². The molecule has 1 amide bonds. The van der Waals surface area contributed by atoms with Crippen LogP contribution in [-0.2, 0) is 4.74 Å². The van der Waals surface area contributed by atoms with E-state index in [-0.39, 0.29) is 19.1 Å². The highest BCUT2D eigenvalue weighted by atomic mass is 35.5. The molecule has 0 heterocycles. The van der Waals surface area contributed by atoms with Crippen LogP contribution in [0.5, 0.6) is 0 Å². The number of amides is 1. The number of halogens is 1. The van der Waals surface area contributed by atoms with Gasteiger partial charge in [-0.15, -0.1) is 0 Å². The van der Waals surface area contributed by atoms with Crippen LogP contribution in [0.1, 0.15) is 39.8 Å². The van der Waals surface area contributed by atoms with Gasteiger partial charge in [0.1, 0.15) is 18.8 Å². The second kappa shape index (κ2) is 9.33. The summed E-state index contributed by atoms with van der Waals surface area (Å²) in [5, 5.41) is 24.0. The van der Waals surface area contributed by atoms with Gasteiger partial charge in [-0.05, 0) is 52.8 Å². The number of fused-ring (bicyclic) bond motifs is 3. The third kappa shape index (κ3) is 4.37. The highest BCUT2D eigenvalue weighted by Crippen LogP contribution is 2.44. The van der Waals surface area contributed by atoms with E-state index in [9.17, 15) is 15.0 Å². The van der Waals surface area contributed by atoms with Gasteiger partial charge in [-0.25, -0.2) is 4.79 Å². The standard InChI is InChI=1S/C26H26ClNO4/c1-15-11-17(12-16(2)24(15)27)25(30)23(29)13-28-26(31)32-14-22-20-9-5-3-7-18(20)19-8-4-6-10-21(19)22/h3-12,22-23,25,29-30H,13-14H2,1-2H3,(H,28,31). The molecule has 5 nitrogen and oxygen atoms in total. The molecule has 2 unspecified atom stereocenters. The van der Waals surface area contributed by atoms with Crippen molar-refractivity contribution in [2.75, 3.05) is 13.2 Å². The Labute approximate surface area is 192 Å². The first-order valence-electron chi connectivity index (χ1n) is 10.6. The van der Waals surface area contributed by atoms with E-state index in [4.69, 9.17) is 16.3 Å². The molecule has 1 aliphatic carbocycles. The zero-order valence-electron chi connectivity index (χ0n) is 18.0. The van der Waals surface area contributed by atoms with Crippen LogP contribution in [0.3, 0.4) is 0 Å². The molecule has 1 aliphatic rings. The molecular formula is C26H26ClNO4. The molecule has 0 aliphatic heterocycles. The number of ether oxygens (including phenoxy) is 1. The summed E-state index contributed by atoms with van der Waals surface area (Å²) in [6.07, 6.45) is -2.98. The third-order valence-corrected chi connectivity index (χ3v) is 6.56. The molecule has 32 heavy (non-hydrogen) atoms. The molecule has 3 aromatic rings. The van der Waals surface area contributed by atoms with Gasteiger partial charge in [0.05, 0.1) is 0 Å². The van der Waals surface area contributed by atoms with Crippen LogP contribution in [0.2, 0.25) is 5.02 Å². The molecule has 4 rings (SSSR count). The van der Waals surface area contributed by atoms with Crippen molar-refractivity contribution in [2.45, 2.75) is 32.0 Å². The Kier molecular flexibility index (Phi) is 6.51. The van der Waals surface area contributed by atoms with Gasteiger partial charge in [-0.1, -0.05) is 72.3 Å². The van der Waals surface area contributed by atoms with Crippen molar-refractivity contribution in [3.8, 4) is 11.1 Å². The Morgan fingerprint density at radius 2 is 1.53 bits per heavy atom.